The Labute approximate surface area is 211 Å². The van der Waals surface area contributed by atoms with Gasteiger partial charge in [-0.1, -0.05) is 84.9 Å². The zero-order valence-corrected chi connectivity index (χ0v) is 20.4. The Balaban J connectivity index is 1.49. The van der Waals surface area contributed by atoms with Gasteiger partial charge in [-0.15, -0.1) is 0 Å². The molecule has 2 bridgehead atoms. The molecule has 0 aliphatic heterocycles. The Morgan fingerprint density at radius 3 is 1.08 bits per heavy atom. The van der Waals surface area contributed by atoms with E-state index in [0.717, 1.165) is 34.1 Å². The predicted molar refractivity (Wildman–Crippen MR) is 144 cm³/mol. The molecule has 3 aliphatic rings. The second kappa shape index (κ2) is 8.13. The largest absolute Gasteiger partial charge is 0.457 e. The van der Waals surface area contributed by atoms with Gasteiger partial charge in [0.05, 0.1) is 0 Å². The number of benzene rings is 5. The number of ether oxygens (including phenoxy) is 2. The molecular weight excluding hydrogens is 440 g/mol. The maximum atomic E-state index is 6.66. The molecule has 5 aromatic carbocycles. The molecule has 0 spiro atoms. The van der Waals surface area contributed by atoms with E-state index in [9.17, 15) is 0 Å². The average molecular weight is 467 g/mol. The number of aryl methyl sites for hydroxylation is 2. The molecule has 0 aromatic heterocycles. The highest BCUT2D eigenvalue weighted by molar-refractivity contribution is 5.73. The number of para-hydroxylation sites is 2. The molecule has 0 radical (unpaired) electrons. The van der Waals surface area contributed by atoms with E-state index in [-0.39, 0.29) is 11.8 Å². The lowest BCUT2D eigenvalue weighted by Crippen LogP contribution is -2.28. The number of hydrogen-bond donors (Lipinski definition) is 0. The SMILES string of the molecule is Cc1ccccc1Oc1ccc(Oc2ccccc2C)c2c1C1c3ccccc3C2c2ccccc21. The molecule has 5 aromatic rings. The Morgan fingerprint density at radius 2 is 0.722 bits per heavy atom. The topological polar surface area (TPSA) is 18.5 Å². The first kappa shape index (κ1) is 21.0. The van der Waals surface area contributed by atoms with E-state index in [1.54, 1.807) is 0 Å². The summed E-state index contributed by atoms with van der Waals surface area (Å²) in [5.74, 6) is 3.75. The Morgan fingerprint density at radius 1 is 0.389 bits per heavy atom. The van der Waals surface area contributed by atoms with Crippen LogP contribution in [0, 0.1) is 13.8 Å². The van der Waals surface area contributed by atoms with Crippen LogP contribution in [0.25, 0.3) is 0 Å². The maximum Gasteiger partial charge on any atom is 0.132 e. The summed E-state index contributed by atoms with van der Waals surface area (Å²) in [5, 5.41) is 0. The van der Waals surface area contributed by atoms with Crippen molar-refractivity contribution in [2.75, 3.05) is 0 Å². The van der Waals surface area contributed by atoms with Crippen molar-refractivity contribution in [3.63, 3.8) is 0 Å². The minimum atomic E-state index is 0.0943. The zero-order valence-electron chi connectivity index (χ0n) is 20.4. The normalized spacial score (nSPS) is 16.6. The van der Waals surface area contributed by atoms with Crippen LogP contribution in [-0.4, -0.2) is 0 Å². The molecule has 0 amide bonds. The van der Waals surface area contributed by atoms with Crippen LogP contribution in [0.4, 0.5) is 0 Å². The highest BCUT2D eigenvalue weighted by atomic mass is 16.5. The number of rotatable bonds is 4. The van der Waals surface area contributed by atoms with E-state index >= 15 is 0 Å². The van der Waals surface area contributed by atoms with Crippen molar-refractivity contribution in [2.24, 2.45) is 0 Å². The van der Waals surface area contributed by atoms with Gasteiger partial charge in [0, 0.05) is 23.0 Å². The van der Waals surface area contributed by atoms with Crippen molar-refractivity contribution < 1.29 is 9.47 Å². The molecule has 0 saturated carbocycles. The van der Waals surface area contributed by atoms with E-state index in [1.807, 2.05) is 36.4 Å². The first-order valence-electron chi connectivity index (χ1n) is 12.5. The van der Waals surface area contributed by atoms with Crippen molar-refractivity contribution in [1.82, 2.24) is 0 Å². The van der Waals surface area contributed by atoms with Gasteiger partial charge in [-0.3, -0.25) is 0 Å². The van der Waals surface area contributed by atoms with Crippen LogP contribution < -0.4 is 9.47 Å². The molecular formula is C34H26O2. The predicted octanol–water partition coefficient (Wildman–Crippen LogP) is 8.88. The zero-order chi connectivity index (χ0) is 24.2. The Hall–Kier alpha value is -4.30. The van der Waals surface area contributed by atoms with E-state index in [1.165, 1.54) is 33.4 Å². The standard InChI is InChI=1S/C34H26O2/c1-21-11-3-9-17-27(21)35-29-19-20-30(36-28-18-10-4-12-22(28)2)34-32-25-15-7-5-13-23(25)31(33(29)34)24-14-6-8-16-26(24)32/h3-20,31-32H,1-2H3. The molecule has 0 unspecified atom stereocenters. The van der Waals surface area contributed by atoms with E-state index in [4.69, 9.17) is 9.47 Å². The van der Waals surface area contributed by atoms with E-state index in [0.29, 0.717) is 0 Å². The minimum Gasteiger partial charge on any atom is -0.457 e. The minimum absolute atomic E-state index is 0.0943. The van der Waals surface area contributed by atoms with Crippen LogP contribution in [-0.2, 0) is 0 Å². The summed E-state index contributed by atoms with van der Waals surface area (Å²) in [5.41, 5.74) is 10.1. The molecule has 36 heavy (non-hydrogen) atoms. The van der Waals surface area contributed by atoms with Gasteiger partial charge in [-0.05, 0) is 71.5 Å². The third-order valence-electron chi connectivity index (χ3n) is 7.65. The Kier molecular flexibility index (Phi) is 4.75. The molecule has 174 valence electrons. The second-order valence-electron chi connectivity index (χ2n) is 9.75. The Bertz CT molecular complexity index is 1460. The molecule has 0 fully saturated rings. The van der Waals surface area contributed by atoms with Gasteiger partial charge in [0.1, 0.15) is 23.0 Å². The quantitative estimate of drug-likeness (QED) is 0.258. The van der Waals surface area contributed by atoms with Crippen LogP contribution >= 0.6 is 0 Å². The van der Waals surface area contributed by atoms with E-state index < -0.39 is 0 Å². The third kappa shape index (κ3) is 3.11. The molecule has 8 rings (SSSR count). The van der Waals surface area contributed by atoms with Crippen LogP contribution in [0.1, 0.15) is 56.3 Å². The fraction of sp³-hybridized carbons (Fsp3) is 0.118. The smallest absolute Gasteiger partial charge is 0.132 e. The summed E-state index contributed by atoms with van der Waals surface area (Å²) in [6.45, 7) is 4.18. The van der Waals surface area contributed by atoms with Crippen LogP contribution in [0.2, 0.25) is 0 Å². The lowest BCUT2D eigenvalue weighted by Gasteiger charge is -2.43. The van der Waals surface area contributed by atoms with Gasteiger partial charge in [0.15, 0.2) is 0 Å². The molecule has 2 nitrogen and oxygen atoms in total. The highest BCUT2D eigenvalue weighted by Gasteiger charge is 2.44. The van der Waals surface area contributed by atoms with Gasteiger partial charge < -0.3 is 9.47 Å². The van der Waals surface area contributed by atoms with Crippen molar-refractivity contribution in [3.05, 3.63) is 154 Å². The summed E-state index contributed by atoms with van der Waals surface area (Å²) in [6.07, 6.45) is 0. The third-order valence-corrected chi connectivity index (χ3v) is 7.65. The van der Waals surface area contributed by atoms with Crippen molar-refractivity contribution in [3.8, 4) is 23.0 Å². The van der Waals surface area contributed by atoms with Crippen LogP contribution in [0.5, 0.6) is 23.0 Å². The van der Waals surface area contributed by atoms with Crippen molar-refractivity contribution in [1.29, 1.82) is 0 Å². The van der Waals surface area contributed by atoms with Crippen LogP contribution in [0.3, 0.4) is 0 Å². The number of hydrogen-bond acceptors (Lipinski definition) is 2. The van der Waals surface area contributed by atoms with Gasteiger partial charge in [-0.2, -0.15) is 0 Å². The molecule has 0 heterocycles. The summed E-state index contributed by atoms with van der Waals surface area (Å²) >= 11 is 0. The van der Waals surface area contributed by atoms with E-state index in [2.05, 4.69) is 86.6 Å². The van der Waals surface area contributed by atoms with Crippen molar-refractivity contribution in [2.45, 2.75) is 25.7 Å². The fourth-order valence-electron chi connectivity index (χ4n) is 5.98. The highest BCUT2D eigenvalue weighted by Crippen LogP contribution is 2.60. The van der Waals surface area contributed by atoms with Gasteiger partial charge in [-0.25, -0.2) is 0 Å². The molecule has 0 saturated heterocycles. The lowest BCUT2D eigenvalue weighted by molar-refractivity contribution is 0.448. The maximum absolute atomic E-state index is 6.66. The molecule has 0 N–H and O–H groups in total. The molecule has 3 aliphatic carbocycles. The summed E-state index contributed by atoms with van der Waals surface area (Å²) in [4.78, 5) is 0. The average Bonchev–Trinajstić information content (AvgIpc) is 2.92. The summed E-state index contributed by atoms with van der Waals surface area (Å²) in [7, 11) is 0. The molecule has 2 heteroatoms. The molecule has 0 atom stereocenters. The van der Waals surface area contributed by atoms with Crippen LogP contribution in [0.15, 0.2) is 109 Å². The lowest BCUT2D eigenvalue weighted by atomic mass is 9.60. The second-order valence-corrected chi connectivity index (χ2v) is 9.75. The first-order valence-corrected chi connectivity index (χ1v) is 12.5. The van der Waals surface area contributed by atoms with Gasteiger partial charge >= 0.3 is 0 Å². The monoisotopic (exact) mass is 466 g/mol. The van der Waals surface area contributed by atoms with Gasteiger partial charge in [0.2, 0.25) is 0 Å². The first-order chi connectivity index (χ1) is 17.7. The van der Waals surface area contributed by atoms with Gasteiger partial charge in [0.25, 0.3) is 0 Å². The summed E-state index contributed by atoms with van der Waals surface area (Å²) in [6, 6.07) is 38.3. The summed E-state index contributed by atoms with van der Waals surface area (Å²) < 4.78 is 13.3. The van der Waals surface area contributed by atoms with Crippen molar-refractivity contribution >= 4 is 0 Å². The fourth-order valence-corrected chi connectivity index (χ4v) is 5.98.